The van der Waals surface area contributed by atoms with Crippen molar-refractivity contribution in [2.45, 2.75) is 30.3 Å². The molecule has 0 aliphatic rings. The SMILES string of the molecule is CC[C@H](C(=O)Nc1ccccc1OC)n1c(SCc2ccc(OC)cc2)nc2ccncc21. The Bertz CT molecular complexity index is 1240. The molecule has 2 aromatic carbocycles. The number of anilines is 1. The first-order valence-corrected chi connectivity index (χ1v) is 11.6. The average Bonchev–Trinajstić information content (AvgIpc) is 3.22. The highest BCUT2D eigenvalue weighted by Gasteiger charge is 2.25. The van der Waals surface area contributed by atoms with Gasteiger partial charge in [0.25, 0.3) is 0 Å². The van der Waals surface area contributed by atoms with Crippen LogP contribution in [-0.2, 0) is 10.5 Å². The number of nitrogens with one attached hydrogen (secondary N) is 1. The Hall–Kier alpha value is -3.52. The number of pyridine rings is 1. The van der Waals surface area contributed by atoms with Crippen LogP contribution in [0.4, 0.5) is 5.69 Å². The van der Waals surface area contributed by atoms with Gasteiger partial charge in [-0.1, -0.05) is 43.0 Å². The second kappa shape index (κ2) is 10.4. The molecule has 0 unspecified atom stereocenters. The van der Waals surface area contributed by atoms with Crippen LogP contribution >= 0.6 is 11.8 Å². The van der Waals surface area contributed by atoms with Gasteiger partial charge in [0.1, 0.15) is 17.5 Å². The predicted molar refractivity (Wildman–Crippen MR) is 131 cm³/mol. The third-order valence-electron chi connectivity index (χ3n) is 5.35. The Morgan fingerprint density at radius 3 is 2.61 bits per heavy atom. The van der Waals surface area contributed by atoms with Crippen molar-refractivity contribution < 1.29 is 14.3 Å². The third kappa shape index (κ3) is 4.96. The molecule has 1 amide bonds. The van der Waals surface area contributed by atoms with Crippen molar-refractivity contribution in [3.8, 4) is 11.5 Å². The first-order valence-electron chi connectivity index (χ1n) is 10.7. The van der Waals surface area contributed by atoms with Crippen molar-refractivity contribution >= 4 is 34.4 Å². The number of hydrogen-bond donors (Lipinski definition) is 1. The van der Waals surface area contributed by atoms with Gasteiger partial charge in [-0.2, -0.15) is 0 Å². The van der Waals surface area contributed by atoms with Gasteiger partial charge in [-0.3, -0.25) is 9.78 Å². The number of rotatable bonds is 9. The van der Waals surface area contributed by atoms with Crippen LogP contribution < -0.4 is 14.8 Å². The summed E-state index contributed by atoms with van der Waals surface area (Å²) >= 11 is 1.59. The quantitative estimate of drug-likeness (QED) is 0.339. The molecule has 8 heteroatoms. The van der Waals surface area contributed by atoms with E-state index in [1.807, 2.05) is 66.1 Å². The maximum Gasteiger partial charge on any atom is 0.247 e. The second-order valence-electron chi connectivity index (χ2n) is 7.38. The van der Waals surface area contributed by atoms with E-state index in [4.69, 9.17) is 14.5 Å². The molecule has 170 valence electrons. The summed E-state index contributed by atoms with van der Waals surface area (Å²) in [6, 6.07) is 16.8. The molecule has 1 atom stereocenters. The number of hydrogen-bond acceptors (Lipinski definition) is 6. The van der Waals surface area contributed by atoms with Gasteiger partial charge in [0.05, 0.1) is 37.1 Å². The van der Waals surface area contributed by atoms with Crippen LogP contribution in [0.1, 0.15) is 24.9 Å². The molecule has 4 aromatic rings. The maximum absolute atomic E-state index is 13.4. The normalized spacial score (nSPS) is 11.8. The van der Waals surface area contributed by atoms with E-state index in [1.54, 1.807) is 38.4 Å². The molecule has 2 heterocycles. The fraction of sp³-hybridized carbons (Fsp3) is 0.240. The molecule has 0 fully saturated rings. The smallest absolute Gasteiger partial charge is 0.247 e. The first kappa shape index (κ1) is 22.7. The third-order valence-corrected chi connectivity index (χ3v) is 6.38. The van der Waals surface area contributed by atoms with E-state index in [0.717, 1.165) is 27.5 Å². The number of amides is 1. The van der Waals surface area contributed by atoms with Gasteiger partial charge in [0.2, 0.25) is 5.91 Å². The van der Waals surface area contributed by atoms with E-state index in [-0.39, 0.29) is 5.91 Å². The van der Waals surface area contributed by atoms with Crippen molar-refractivity contribution in [1.82, 2.24) is 14.5 Å². The lowest BCUT2D eigenvalue weighted by Gasteiger charge is -2.20. The fourth-order valence-electron chi connectivity index (χ4n) is 3.64. The Morgan fingerprint density at radius 2 is 1.88 bits per heavy atom. The number of thioether (sulfide) groups is 1. The number of imidazole rings is 1. The number of carbonyl (C=O) groups excluding carboxylic acids is 1. The number of carbonyl (C=O) groups is 1. The number of methoxy groups -OCH3 is 2. The van der Waals surface area contributed by atoms with Crippen LogP contribution in [-0.4, -0.2) is 34.7 Å². The zero-order valence-electron chi connectivity index (χ0n) is 18.8. The summed E-state index contributed by atoms with van der Waals surface area (Å²) in [7, 11) is 3.24. The van der Waals surface area contributed by atoms with Gasteiger partial charge < -0.3 is 19.4 Å². The van der Waals surface area contributed by atoms with Crippen LogP contribution in [0.5, 0.6) is 11.5 Å². The lowest BCUT2D eigenvalue weighted by molar-refractivity contribution is -0.119. The molecule has 33 heavy (non-hydrogen) atoms. The molecule has 2 aromatic heterocycles. The van der Waals surface area contributed by atoms with Gasteiger partial charge in [-0.25, -0.2) is 4.98 Å². The average molecular weight is 463 g/mol. The summed E-state index contributed by atoms with van der Waals surface area (Å²) in [4.78, 5) is 22.5. The topological polar surface area (TPSA) is 78.3 Å². The van der Waals surface area contributed by atoms with E-state index in [2.05, 4.69) is 10.3 Å². The largest absolute Gasteiger partial charge is 0.497 e. The molecule has 0 spiro atoms. The monoisotopic (exact) mass is 462 g/mol. The Balaban J connectivity index is 1.64. The van der Waals surface area contributed by atoms with E-state index >= 15 is 0 Å². The zero-order valence-corrected chi connectivity index (χ0v) is 19.6. The first-order chi connectivity index (χ1) is 16.1. The molecule has 1 N–H and O–H groups in total. The minimum atomic E-state index is -0.456. The Morgan fingerprint density at radius 1 is 1.09 bits per heavy atom. The van der Waals surface area contributed by atoms with E-state index in [9.17, 15) is 4.79 Å². The van der Waals surface area contributed by atoms with Gasteiger partial charge in [0.15, 0.2) is 5.16 Å². The molecular weight excluding hydrogens is 436 g/mol. The maximum atomic E-state index is 13.4. The summed E-state index contributed by atoms with van der Waals surface area (Å²) in [5.41, 5.74) is 3.42. The number of benzene rings is 2. The molecule has 4 rings (SSSR count). The summed E-state index contributed by atoms with van der Waals surface area (Å²) in [6.45, 7) is 1.99. The van der Waals surface area contributed by atoms with Crippen molar-refractivity contribution in [1.29, 1.82) is 0 Å². The molecule has 0 saturated carbocycles. The molecule has 0 aliphatic carbocycles. The standard InChI is InChI=1S/C25H26N4O3S/c1-4-21(24(30)27-20-7-5-6-8-23(20)32-3)29-22-15-26-14-13-19(22)28-25(29)33-16-17-9-11-18(31-2)12-10-17/h5-15,21H,4,16H2,1-3H3,(H,27,30)/t21-/m1/s1. The van der Waals surface area contributed by atoms with Gasteiger partial charge >= 0.3 is 0 Å². The lowest BCUT2D eigenvalue weighted by atomic mass is 10.2. The molecule has 0 bridgehead atoms. The van der Waals surface area contributed by atoms with Crippen LogP contribution in [0.25, 0.3) is 11.0 Å². The van der Waals surface area contributed by atoms with Crippen LogP contribution in [0, 0.1) is 0 Å². The lowest BCUT2D eigenvalue weighted by Crippen LogP contribution is -2.26. The molecule has 0 radical (unpaired) electrons. The van der Waals surface area contributed by atoms with Crippen molar-refractivity contribution in [2.75, 3.05) is 19.5 Å². The predicted octanol–water partition coefficient (Wildman–Crippen LogP) is 5.33. The summed E-state index contributed by atoms with van der Waals surface area (Å²) in [5.74, 6) is 2.02. The van der Waals surface area contributed by atoms with Crippen molar-refractivity contribution in [3.05, 3.63) is 72.6 Å². The Kier molecular flexibility index (Phi) is 7.14. The molecule has 0 saturated heterocycles. The van der Waals surface area contributed by atoms with E-state index < -0.39 is 6.04 Å². The number of nitrogens with zero attached hydrogens (tertiary/aromatic N) is 3. The van der Waals surface area contributed by atoms with Crippen molar-refractivity contribution in [3.63, 3.8) is 0 Å². The fourth-order valence-corrected chi connectivity index (χ4v) is 4.66. The highest BCUT2D eigenvalue weighted by Crippen LogP contribution is 2.32. The second-order valence-corrected chi connectivity index (χ2v) is 8.32. The summed E-state index contributed by atoms with van der Waals surface area (Å²) in [5, 5.41) is 3.80. The van der Waals surface area contributed by atoms with Crippen LogP contribution in [0.3, 0.4) is 0 Å². The van der Waals surface area contributed by atoms with Crippen LogP contribution in [0.2, 0.25) is 0 Å². The van der Waals surface area contributed by atoms with Crippen molar-refractivity contribution in [2.24, 2.45) is 0 Å². The van der Waals surface area contributed by atoms with Gasteiger partial charge in [0, 0.05) is 11.9 Å². The number of para-hydroxylation sites is 2. The van der Waals surface area contributed by atoms with E-state index in [0.29, 0.717) is 23.6 Å². The summed E-state index contributed by atoms with van der Waals surface area (Å²) in [6.07, 6.45) is 4.07. The molecular formula is C25H26N4O3S. The zero-order chi connectivity index (χ0) is 23.2. The minimum Gasteiger partial charge on any atom is -0.497 e. The molecule has 0 aliphatic heterocycles. The van der Waals surface area contributed by atoms with Gasteiger partial charge in [-0.15, -0.1) is 0 Å². The van der Waals surface area contributed by atoms with Crippen LogP contribution in [0.15, 0.2) is 72.1 Å². The molecule has 7 nitrogen and oxygen atoms in total. The van der Waals surface area contributed by atoms with Gasteiger partial charge in [-0.05, 0) is 42.3 Å². The highest BCUT2D eigenvalue weighted by molar-refractivity contribution is 7.98. The Labute approximate surface area is 197 Å². The van der Waals surface area contributed by atoms with E-state index in [1.165, 1.54) is 0 Å². The minimum absolute atomic E-state index is 0.128. The summed E-state index contributed by atoms with van der Waals surface area (Å²) < 4.78 is 12.6. The number of fused-ring (bicyclic) bond motifs is 1. The number of aromatic nitrogens is 3. The highest BCUT2D eigenvalue weighted by atomic mass is 32.2. The number of ether oxygens (including phenoxy) is 2.